The van der Waals surface area contributed by atoms with Crippen molar-refractivity contribution in [3.63, 3.8) is 0 Å². The minimum absolute atomic E-state index is 0.0415. The Kier molecular flexibility index (Phi) is 4.77. The molecule has 2 aromatic rings. The van der Waals surface area contributed by atoms with Crippen LogP contribution in [0, 0.1) is 20.8 Å². The number of aryl methyl sites for hydroxylation is 1. The van der Waals surface area contributed by atoms with E-state index in [1.54, 1.807) is 0 Å². The number of carbonyl (C=O) groups is 1. The van der Waals surface area contributed by atoms with E-state index >= 15 is 0 Å². The van der Waals surface area contributed by atoms with Crippen LogP contribution in [0.4, 0.5) is 0 Å². The van der Waals surface area contributed by atoms with Gasteiger partial charge in [-0.3, -0.25) is 23.4 Å². The number of rotatable bonds is 4. The summed E-state index contributed by atoms with van der Waals surface area (Å²) in [7, 11) is 2.84. The van der Waals surface area contributed by atoms with E-state index in [1.165, 1.54) is 14.1 Å². The van der Waals surface area contributed by atoms with E-state index in [1.807, 2.05) is 32.4 Å². The van der Waals surface area contributed by atoms with Gasteiger partial charge in [-0.15, -0.1) is 0 Å². The summed E-state index contributed by atoms with van der Waals surface area (Å²) in [6.07, 6.45) is 0. The van der Waals surface area contributed by atoms with E-state index in [4.69, 9.17) is 0 Å². The Hall–Kier alpha value is -2.64. The third-order valence-corrected chi connectivity index (χ3v) is 4.42. The molecule has 0 spiro atoms. The normalized spacial score (nSPS) is 12.2. The molecule has 130 valence electrons. The number of nitrogens with zero attached hydrogens (tertiary/aromatic N) is 4. The van der Waals surface area contributed by atoms with Crippen LogP contribution in [0.1, 0.15) is 40.4 Å². The summed E-state index contributed by atoms with van der Waals surface area (Å²) in [5, 5.41) is 7.23. The molecule has 2 aromatic heterocycles. The first-order valence-electron chi connectivity index (χ1n) is 7.72. The minimum Gasteiger partial charge on any atom is -0.349 e. The van der Waals surface area contributed by atoms with Gasteiger partial charge in [-0.25, -0.2) is 4.79 Å². The van der Waals surface area contributed by atoms with E-state index < -0.39 is 17.2 Å². The Morgan fingerprint density at radius 3 is 2.38 bits per heavy atom. The molecule has 8 nitrogen and oxygen atoms in total. The van der Waals surface area contributed by atoms with Gasteiger partial charge in [-0.1, -0.05) is 0 Å². The highest BCUT2D eigenvalue weighted by Crippen LogP contribution is 2.15. The molecule has 0 bridgehead atoms. The third-order valence-electron chi connectivity index (χ3n) is 4.42. The fourth-order valence-corrected chi connectivity index (χ4v) is 2.54. The van der Waals surface area contributed by atoms with Crippen molar-refractivity contribution in [2.75, 3.05) is 6.54 Å². The summed E-state index contributed by atoms with van der Waals surface area (Å²) in [5.41, 5.74) is 2.14. The van der Waals surface area contributed by atoms with Crippen LogP contribution in [0.3, 0.4) is 0 Å². The molecule has 0 aliphatic rings. The van der Waals surface area contributed by atoms with Gasteiger partial charge in [0.05, 0.1) is 11.7 Å². The van der Waals surface area contributed by atoms with Crippen LogP contribution in [-0.4, -0.2) is 31.4 Å². The van der Waals surface area contributed by atoms with Gasteiger partial charge in [-0.05, 0) is 33.3 Å². The Morgan fingerprint density at radius 1 is 1.21 bits per heavy atom. The predicted molar refractivity (Wildman–Crippen MR) is 90.4 cm³/mol. The van der Waals surface area contributed by atoms with Crippen LogP contribution in [0.15, 0.2) is 15.7 Å². The zero-order chi connectivity index (χ0) is 18.2. The zero-order valence-electron chi connectivity index (χ0n) is 14.9. The SMILES string of the molecule is Cc1nn(C(C)CNC(=O)c2cc(=O)n(C)c(=O)n2C)c(C)c1C. The zero-order valence-corrected chi connectivity index (χ0v) is 14.9. The van der Waals surface area contributed by atoms with Crippen molar-refractivity contribution in [3.8, 4) is 0 Å². The van der Waals surface area contributed by atoms with Crippen molar-refractivity contribution in [2.24, 2.45) is 14.1 Å². The maximum atomic E-state index is 12.3. The topological polar surface area (TPSA) is 90.9 Å². The molecule has 2 heterocycles. The molecule has 0 saturated carbocycles. The molecule has 0 aliphatic carbocycles. The second-order valence-electron chi connectivity index (χ2n) is 6.07. The lowest BCUT2D eigenvalue weighted by Crippen LogP contribution is -2.41. The van der Waals surface area contributed by atoms with Gasteiger partial charge in [0.1, 0.15) is 5.69 Å². The number of hydrogen-bond acceptors (Lipinski definition) is 4. The first-order chi connectivity index (χ1) is 11.1. The average molecular weight is 333 g/mol. The van der Waals surface area contributed by atoms with Crippen molar-refractivity contribution >= 4 is 5.91 Å². The fraction of sp³-hybridized carbons (Fsp3) is 0.500. The maximum absolute atomic E-state index is 12.3. The molecule has 0 radical (unpaired) electrons. The van der Waals surface area contributed by atoms with Gasteiger partial charge in [-0.2, -0.15) is 5.10 Å². The number of nitrogens with one attached hydrogen (secondary N) is 1. The Morgan fingerprint density at radius 2 is 1.83 bits per heavy atom. The molecule has 1 N–H and O–H groups in total. The average Bonchev–Trinajstić information content (AvgIpc) is 2.81. The highest BCUT2D eigenvalue weighted by molar-refractivity contribution is 5.92. The predicted octanol–water partition coefficient (Wildman–Crippen LogP) is 0.197. The van der Waals surface area contributed by atoms with Gasteiger partial charge < -0.3 is 5.32 Å². The number of carbonyl (C=O) groups excluding carboxylic acids is 1. The lowest BCUT2D eigenvalue weighted by molar-refractivity contribution is 0.0937. The molecule has 2 rings (SSSR count). The summed E-state index contributed by atoms with van der Waals surface area (Å²) < 4.78 is 3.99. The van der Waals surface area contributed by atoms with E-state index in [-0.39, 0.29) is 11.7 Å². The first-order valence-corrected chi connectivity index (χ1v) is 7.72. The highest BCUT2D eigenvalue weighted by Gasteiger charge is 2.17. The molecule has 1 atom stereocenters. The largest absolute Gasteiger partial charge is 0.349 e. The molecule has 1 unspecified atom stereocenters. The van der Waals surface area contributed by atoms with Gasteiger partial charge >= 0.3 is 5.69 Å². The lowest BCUT2D eigenvalue weighted by atomic mass is 10.2. The van der Waals surface area contributed by atoms with E-state index in [2.05, 4.69) is 10.4 Å². The maximum Gasteiger partial charge on any atom is 0.331 e. The second kappa shape index (κ2) is 6.46. The Labute approximate surface area is 139 Å². The summed E-state index contributed by atoms with van der Waals surface area (Å²) in [5.74, 6) is -0.461. The van der Waals surface area contributed by atoms with Crippen LogP contribution in [-0.2, 0) is 14.1 Å². The molecule has 0 aliphatic heterocycles. The minimum atomic E-state index is -0.533. The first kappa shape index (κ1) is 17.7. The number of aromatic nitrogens is 4. The third kappa shape index (κ3) is 3.04. The summed E-state index contributed by atoms with van der Waals surface area (Å²) in [6, 6.07) is 1.11. The van der Waals surface area contributed by atoms with Crippen molar-refractivity contribution in [1.29, 1.82) is 0 Å². The van der Waals surface area contributed by atoms with Crippen LogP contribution < -0.4 is 16.6 Å². The van der Waals surface area contributed by atoms with Gasteiger partial charge in [0.25, 0.3) is 11.5 Å². The van der Waals surface area contributed by atoms with Crippen LogP contribution in [0.25, 0.3) is 0 Å². The van der Waals surface area contributed by atoms with Crippen LogP contribution in [0.2, 0.25) is 0 Å². The standard InChI is InChI=1S/C16H23N5O3/c1-9(21-12(4)10(2)11(3)18-21)8-17-15(23)13-7-14(22)20(6)16(24)19(13)5/h7,9H,8H2,1-6H3,(H,17,23). The highest BCUT2D eigenvalue weighted by atomic mass is 16.2. The smallest absolute Gasteiger partial charge is 0.331 e. The number of amides is 1. The van der Waals surface area contributed by atoms with E-state index in [9.17, 15) is 14.4 Å². The Bertz CT molecular complexity index is 904. The van der Waals surface area contributed by atoms with Crippen LogP contribution in [0.5, 0.6) is 0 Å². The van der Waals surface area contributed by atoms with Gasteiger partial charge in [0, 0.05) is 32.4 Å². The number of hydrogen-bond donors (Lipinski definition) is 1. The monoisotopic (exact) mass is 333 g/mol. The molecular weight excluding hydrogens is 310 g/mol. The van der Waals surface area contributed by atoms with Crippen molar-refractivity contribution in [2.45, 2.75) is 33.7 Å². The summed E-state index contributed by atoms with van der Waals surface area (Å²) in [4.78, 5) is 35.9. The van der Waals surface area contributed by atoms with Crippen molar-refractivity contribution < 1.29 is 4.79 Å². The lowest BCUT2D eigenvalue weighted by Gasteiger charge is -2.16. The molecule has 0 aromatic carbocycles. The van der Waals surface area contributed by atoms with E-state index in [0.29, 0.717) is 6.54 Å². The molecule has 1 amide bonds. The summed E-state index contributed by atoms with van der Waals surface area (Å²) >= 11 is 0. The summed E-state index contributed by atoms with van der Waals surface area (Å²) in [6.45, 7) is 8.22. The fourth-order valence-electron chi connectivity index (χ4n) is 2.54. The molecule has 0 fully saturated rings. The molecular formula is C16H23N5O3. The van der Waals surface area contributed by atoms with E-state index in [0.717, 1.165) is 32.2 Å². The van der Waals surface area contributed by atoms with Gasteiger partial charge in [0.2, 0.25) is 0 Å². The van der Waals surface area contributed by atoms with Crippen molar-refractivity contribution in [3.05, 3.63) is 49.5 Å². The quantitative estimate of drug-likeness (QED) is 0.865. The molecule has 8 heteroatoms. The van der Waals surface area contributed by atoms with Crippen LogP contribution >= 0.6 is 0 Å². The van der Waals surface area contributed by atoms with Crippen molar-refractivity contribution in [1.82, 2.24) is 24.2 Å². The Balaban J connectivity index is 2.18. The molecule has 24 heavy (non-hydrogen) atoms. The second-order valence-corrected chi connectivity index (χ2v) is 6.07. The van der Waals surface area contributed by atoms with Gasteiger partial charge in [0.15, 0.2) is 0 Å². The molecule has 0 saturated heterocycles.